The predicted molar refractivity (Wildman–Crippen MR) is 128 cm³/mol. The van der Waals surface area contributed by atoms with Crippen molar-refractivity contribution in [2.75, 3.05) is 39.3 Å². The van der Waals surface area contributed by atoms with Crippen LogP contribution in [0.15, 0.2) is 60.1 Å². The second-order valence-electron chi connectivity index (χ2n) is 8.28. The van der Waals surface area contributed by atoms with Crippen LogP contribution in [0.1, 0.15) is 18.4 Å². The smallest absolute Gasteiger partial charge is 0.246 e. The van der Waals surface area contributed by atoms with Crippen LogP contribution in [0.25, 0.3) is 22.3 Å². The number of aromatic nitrogens is 2. The zero-order valence-corrected chi connectivity index (χ0v) is 18.9. The van der Waals surface area contributed by atoms with Gasteiger partial charge < -0.3 is 9.64 Å². The number of carbonyl (C=O) groups is 1. The van der Waals surface area contributed by atoms with E-state index in [1.54, 1.807) is 17.4 Å². The van der Waals surface area contributed by atoms with Crippen molar-refractivity contribution in [1.82, 2.24) is 19.6 Å². The molecule has 2 aromatic heterocycles. The fourth-order valence-electron chi connectivity index (χ4n) is 4.32. The van der Waals surface area contributed by atoms with E-state index in [0.717, 1.165) is 67.6 Å². The third kappa shape index (κ3) is 4.85. The van der Waals surface area contributed by atoms with Gasteiger partial charge in [0.2, 0.25) is 5.91 Å². The van der Waals surface area contributed by atoms with Gasteiger partial charge in [0, 0.05) is 57.2 Å². The molecule has 0 saturated carbocycles. The molecule has 0 radical (unpaired) electrons. The zero-order valence-electron chi connectivity index (χ0n) is 18.1. The van der Waals surface area contributed by atoms with Gasteiger partial charge in [-0.2, -0.15) is 5.10 Å². The average molecular weight is 449 g/mol. The Morgan fingerprint density at radius 3 is 2.69 bits per heavy atom. The highest BCUT2D eigenvalue weighted by molar-refractivity contribution is 7.13. The summed E-state index contributed by atoms with van der Waals surface area (Å²) in [6, 6.07) is 14.1. The summed E-state index contributed by atoms with van der Waals surface area (Å²) in [7, 11) is 0. The van der Waals surface area contributed by atoms with E-state index >= 15 is 0 Å². The molecule has 2 fully saturated rings. The fourth-order valence-corrected chi connectivity index (χ4v) is 5.05. The van der Waals surface area contributed by atoms with Crippen molar-refractivity contribution in [2.24, 2.45) is 0 Å². The van der Waals surface area contributed by atoms with E-state index in [2.05, 4.69) is 11.0 Å². The molecule has 1 atom stereocenters. The van der Waals surface area contributed by atoms with Gasteiger partial charge in [0.05, 0.1) is 16.7 Å². The first kappa shape index (κ1) is 21.1. The Morgan fingerprint density at radius 2 is 1.97 bits per heavy atom. The lowest BCUT2D eigenvalue weighted by Crippen LogP contribution is -2.50. The number of hydrogen-bond donors (Lipinski definition) is 0. The Morgan fingerprint density at radius 1 is 1.12 bits per heavy atom. The van der Waals surface area contributed by atoms with Gasteiger partial charge in [-0.3, -0.25) is 9.69 Å². The summed E-state index contributed by atoms with van der Waals surface area (Å²) in [4.78, 5) is 18.3. The minimum absolute atomic E-state index is 0.0614. The minimum atomic E-state index is 0.0614. The summed E-state index contributed by atoms with van der Waals surface area (Å²) in [5.41, 5.74) is 2.84. The fraction of sp³-hybridized carbons (Fsp3) is 0.360. The van der Waals surface area contributed by atoms with Gasteiger partial charge in [-0.1, -0.05) is 24.3 Å². The number of thiophene rings is 1. The van der Waals surface area contributed by atoms with Gasteiger partial charge in [-0.15, -0.1) is 11.3 Å². The highest BCUT2D eigenvalue weighted by Crippen LogP contribution is 2.28. The molecule has 32 heavy (non-hydrogen) atoms. The maximum Gasteiger partial charge on any atom is 0.246 e. The van der Waals surface area contributed by atoms with Crippen LogP contribution in [0.5, 0.6) is 0 Å². The van der Waals surface area contributed by atoms with Gasteiger partial charge in [-0.05, 0) is 42.5 Å². The summed E-state index contributed by atoms with van der Waals surface area (Å²) < 4.78 is 7.63. The first-order chi connectivity index (χ1) is 15.8. The lowest BCUT2D eigenvalue weighted by atomic mass is 10.2. The Balaban J connectivity index is 1.26. The van der Waals surface area contributed by atoms with Crippen molar-refractivity contribution in [1.29, 1.82) is 0 Å². The van der Waals surface area contributed by atoms with Gasteiger partial charge in [0.25, 0.3) is 0 Å². The Labute approximate surface area is 192 Å². The van der Waals surface area contributed by atoms with E-state index in [9.17, 15) is 4.79 Å². The quantitative estimate of drug-likeness (QED) is 0.536. The number of benzene rings is 1. The first-order valence-electron chi connectivity index (χ1n) is 11.3. The van der Waals surface area contributed by atoms with Gasteiger partial charge in [0.15, 0.2) is 0 Å². The second kappa shape index (κ2) is 9.81. The molecule has 2 saturated heterocycles. The molecule has 0 bridgehead atoms. The number of piperazine rings is 1. The van der Waals surface area contributed by atoms with E-state index in [1.165, 1.54) is 6.42 Å². The standard InChI is InChI=1S/C25H28N4O2S/c30-24(28-14-12-27(13-15-28)19-22-8-4-16-31-22)11-10-20-18-29(21-6-2-1-3-7-21)26-25(20)23-9-5-17-32-23/h1-3,5-7,9-11,17-18,22H,4,8,12-16,19H2/b11-10+/t22-/m0/s1. The van der Waals surface area contributed by atoms with Crippen LogP contribution >= 0.6 is 11.3 Å². The summed E-state index contributed by atoms with van der Waals surface area (Å²) in [5, 5.41) is 6.85. The van der Waals surface area contributed by atoms with Crippen molar-refractivity contribution in [3.63, 3.8) is 0 Å². The van der Waals surface area contributed by atoms with E-state index in [1.807, 2.05) is 63.6 Å². The first-order valence-corrected chi connectivity index (χ1v) is 12.1. The van der Waals surface area contributed by atoms with Crippen molar-refractivity contribution >= 4 is 23.3 Å². The number of nitrogens with zero attached hydrogens (tertiary/aromatic N) is 4. The maximum absolute atomic E-state index is 12.9. The Bertz CT molecular complexity index is 1050. The van der Waals surface area contributed by atoms with Crippen LogP contribution in [-0.2, 0) is 9.53 Å². The number of rotatable bonds is 6. The lowest BCUT2D eigenvalue weighted by Gasteiger charge is -2.35. The predicted octanol–water partition coefficient (Wildman–Crippen LogP) is 3.94. The molecule has 7 heteroatoms. The van der Waals surface area contributed by atoms with Crippen molar-refractivity contribution in [3.8, 4) is 16.3 Å². The molecule has 3 aromatic rings. The third-order valence-corrected chi connectivity index (χ3v) is 6.97. The zero-order chi connectivity index (χ0) is 21.8. The lowest BCUT2D eigenvalue weighted by molar-refractivity contribution is -0.127. The molecule has 0 spiro atoms. The minimum Gasteiger partial charge on any atom is -0.377 e. The van der Waals surface area contributed by atoms with E-state index < -0.39 is 0 Å². The third-order valence-electron chi connectivity index (χ3n) is 6.09. The molecule has 166 valence electrons. The van der Waals surface area contributed by atoms with Crippen LogP contribution in [0.2, 0.25) is 0 Å². The average Bonchev–Trinajstić information content (AvgIpc) is 3.60. The molecule has 5 rings (SSSR count). The number of amides is 1. The molecule has 4 heterocycles. The Kier molecular flexibility index (Phi) is 6.48. The summed E-state index contributed by atoms with van der Waals surface area (Å²) in [6.45, 7) is 5.22. The molecule has 0 aliphatic carbocycles. The van der Waals surface area contributed by atoms with Crippen LogP contribution in [0.4, 0.5) is 0 Å². The van der Waals surface area contributed by atoms with E-state index in [4.69, 9.17) is 9.84 Å². The monoisotopic (exact) mass is 448 g/mol. The van der Waals surface area contributed by atoms with Crippen LogP contribution in [-0.4, -0.2) is 70.9 Å². The molecule has 0 unspecified atom stereocenters. The molecular formula is C25H28N4O2S. The van der Waals surface area contributed by atoms with E-state index in [0.29, 0.717) is 6.10 Å². The van der Waals surface area contributed by atoms with Crippen molar-refractivity contribution < 1.29 is 9.53 Å². The Hall–Kier alpha value is -2.74. The summed E-state index contributed by atoms with van der Waals surface area (Å²) in [5.74, 6) is 0.0614. The van der Waals surface area contributed by atoms with Crippen molar-refractivity contribution in [2.45, 2.75) is 18.9 Å². The van der Waals surface area contributed by atoms with Crippen LogP contribution in [0.3, 0.4) is 0 Å². The van der Waals surface area contributed by atoms with Gasteiger partial charge in [0.1, 0.15) is 5.69 Å². The number of hydrogen-bond acceptors (Lipinski definition) is 5. The number of para-hydroxylation sites is 1. The summed E-state index contributed by atoms with van der Waals surface area (Å²) >= 11 is 1.65. The molecule has 1 amide bonds. The van der Waals surface area contributed by atoms with Crippen molar-refractivity contribution in [3.05, 3.63) is 65.7 Å². The molecule has 6 nitrogen and oxygen atoms in total. The molecular weight excluding hydrogens is 420 g/mol. The molecule has 2 aliphatic heterocycles. The highest BCUT2D eigenvalue weighted by atomic mass is 32.1. The molecule has 1 aromatic carbocycles. The second-order valence-corrected chi connectivity index (χ2v) is 9.23. The van der Waals surface area contributed by atoms with Crippen LogP contribution < -0.4 is 0 Å². The summed E-state index contributed by atoms with van der Waals surface area (Å²) in [6.07, 6.45) is 8.29. The van der Waals surface area contributed by atoms with Gasteiger partial charge >= 0.3 is 0 Å². The number of ether oxygens (including phenoxy) is 1. The number of carbonyl (C=O) groups excluding carboxylic acids is 1. The molecule has 0 N–H and O–H groups in total. The van der Waals surface area contributed by atoms with Gasteiger partial charge in [-0.25, -0.2) is 4.68 Å². The highest BCUT2D eigenvalue weighted by Gasteiger charge is 2.24. The molecule has 2 aliphatic rings. The normalized spacial score (nSPS) is 19.8. The largest absolute Gasteiger partial charge is 0.377 e. The maximum atomic E-state index is 12.9. The SMILES string of the molecule is O=C(/C=C/c1cn(-c2ccccc2)nc1-c1cccs1)N1CCN(C[C@@H]2CCCO2)CC1. The topological polar surface area (TPSA) is 50.6 Å². The van der Waals surface area contributed by atoms with Crippen LogP contribution in [0, 0.1) is 0 Å². The van der Waals surface area contributed by atoms with E-state index in [-0.39, 0.29) is 5.91 Å².